The Bertz CT molecular complexity index is 626. The third kappa shape index (κ3) is 4.66. The molecule has 0 aromatic heterocycles. The Morgan fingerprint density at radius 1 is 1.04 bits per heavy atom. The molecule has 2 aromatic carbocycles. The Morgan fingerprint density at radius 3 is 2.26 bits per heavy atom. The molecule has 0 bridgehead atoms. The monoisotopic (exact) mass is 375 g/mol. The highest BCUT2D eigenvalue weighted by molar-refractivity contribution is 9.10. The number of likely N-dealkylation sites (N-methyl/N-ethyl adjacent to an activating group) is 1. The number of amides is 1. The van der Waals surface area contributed by atoms with Crippen molar-refractivity contribution in [2.45, 2.75) is 19.9 Å². The number of hydrogen-bond acceptors (Lipinski definition) is 1. The molecule has 0 saturated carbocycles. The highest BCUT2D eigenvalue weighted by Crippen LogP contribution is 2.16. The van der Waals surface area contributed by atoms with Crippen molar-refractivity contribution in [3.05, 3.63) is 70.2 Å². The molecule has 0 fully saturated rings. The maximum Gasteiger partial charge on any atom is 0.252 e. The van der Waals surface area contributed by atoms with Gasteiger partial charge < -0.3 is 10.2 Å². The van der Waals surface area contributed by atoms with Crippen molar-refractivity contribution in [2.24, 2.45) is 0 Å². The lowest BCUT2D eigenvalue weighted by molar-refractivity contribution is -0.927. The van der Waals surface area contributed by atoms with Crippen molar-refractivity contribution in [1.82, 2.24) is 5.32 Å². The topological polar surface area (TPSA) is 33.5 Å². The summed E-state index contributed by atoms with van der Waals surface area (Å²) in [6.45, 7) is 7.05. The predicted molar refractivity (Wildman–Crippen MR) is 97.7 cm³/mol. The van der Waals surface area contributed by atoms with Crippen LogP contribution in [0.15, 0.2) is 59.1 Å². The van der Waals surface area contributed by atoms with Gasteiger partial charge in [-0.2, -0.15) is 0 Å². The average molecular weight is 376 g/mol. The summed E-state index contributed by atoms with van der Waals surface area (Å²) in [5.41, 5.74) is 1.94. The Balaban J connectivity index is 2.12. The van der Waals surface area contributed by atoms with Gasteiger partial charge in [0, 0.05) is 10.0 Å². The van der Waals surface area contributed by atoms with E-state index in [2.05, 4.69) is 59.4 Å². The van der Waals surface area contributed by atoms with Gasteiger partial charge in [0.2, 0.25) is 0 Å². The summed E-state index contributed by atoms with van der Waals surface area (Å²) in [4.78, 5) is 13.9. The molecule has 0 aliphatic carbocycles. The minimum absolute atomic E-state index is 0.0371. The smallest absolute Gasteiger partial charge is 0.252 e. The van der Waals surface area contributed by atoms with Crippen LogP contribution in [-0.4, -0.2) is 25.5 Å². The quantitative estimate of drug-likeness (QED) is 0.766. The molecule has 0 saturated heterocycles. The molecule has 0 unspecified atom stereocenters. The first kappa shape index (κ1) is 17.7. The van der Waals surface area contributed by atoms with Crippen LogP contribution in [-0.2, 0) is 0 Å². The second-order valence-electron chi connectivity index (χ2n) is 5.52. The van der Waals surface area contributed by atoms with Gasteiger partial charge in [-0.25, -0.2) is 0 Å². The van der Waals surface area contributed by atoms with E-state index in [1.807, 2.05) is 30.3 Å². The molecule has 0 heterocycles. The van der Waals surface area contributed by atoms with Gasteiger partial charge in [0.25, 0.3) is 5.91 Å². The number of rotatable bonds is 7. The molecular weight excluding hydrogens is 352 g/mol. The molecule has 3 nitrogen and oxygen atoms in total. The Morgan fingerprint density at radius 2 is 1.65 bits per heavy atom. The van der Waals surface area contributed by atoms with Crippen molar-refractivity contribution in [1.29, 1.82) is 0 Å². The van der Waals surface area contributed by atoms with Crippen LogP contribution in [0.2, 0.25) is 0 Å². The SMILES string of the molecule is CC[NH+](CC)[C@H](CNC(=O)c1ccccc1Br)c1ccccc1. The second kappa shape index (κ2) is 8.85. The summed E-state index contributed by atoms with van der Waals surface area (Å²) >= 11 is 3.44. The summed E-state index contributed by atoms with van der Waals surface area (Å²) in [6.07, 6.45) is 0. The minimum Gasteiger partial charge on any atom is -0.346 e. The van der Waals surface area contributed by atoms with Gasteiger partial charge in [-0.15, -0.1) is 0 Å². The standard InChI is InChI=1S/C19H23BrN2O/c1-3-22(4-2)18(15-10-6-5-7-11-15)14-21-19(23)16-12-8-9-13-17(16)20/h5-13,18H,3-4,14H2,1-2H3,(H,21,23)/p+1/t18-/m1/s1. The molecule has 0 aliphatic heterocycles. The summed E-state index contributed by atoms with van der Waals surface area (Å²) in [7, 11) is 0. The van der Waals surface area contributed by atoms with E-state index in [4.69, 9.17) is 0 Å². The van der Waals surface area contributed by atoms with Gasteiger partial charge in [-0.3, -0.25) is 4.79 Å². The molecule has 122 valence electrons. The van der Waals surface area contributed by atoms with E-state index in [1.165, 1.54) is 10.5 Å². The molecule has 1 atom stereocenters. The van der Waals surface area contributed by atoms with Crippen LogP contribution in [0.4, 0.5) is 0 Å². The van der Waals surface area contributed by atoms with E-state index in [0.29, 0.717) is 12.1 Å². The van der Waals surface area contributed by atoms with Crippen LogP contribution in [0.3, 0.4) is 0 Å². The van der Waals surface area contributed by atoms with Crippen LogP contribution in [0, 0.1) is 0 Å². The van der Waals surface area contributed by atoms with Crippen LogP contribution in [0.5, 0.6) is 0 Å². The van der Waals surface area contributed by atoms with Gasteiger partial charge in [0.15, 0.2) is 0 Å². The minimum atomic E-state index is -0.0371. The van der Waals surface area contributed by atoms with Crippen LogP contribution >= 0.6 is 15.9 Å². The molecule has 2 N–H and O–H groups in total. The van der Waals surface area contributed by atoms with Gasteiger partial charge in [-0.05, 0) is 41.9 Å². The summed E-state index contributed by atoms with van der Waals surface area (Å²) in [5, 5.41) is 3.10. The number of hydrogen-bond donors (Lipinski definition) is 2. The van der Waals surface area contributed by atoms with E-state index < -0.39 is 0 Å². The largest absolute Gasteiger partial charge is 0.346 e. The van der Waals surface area contributed by atoms with Crippen molar-refractivity contribution in [3.8, 4) is 0 Å². The molecule has 23 heavy (non-hydrogen) atoms. The Hall–Kier alpha value is -1.65. The summed E-state index contributed by atoms with van der Waals surface area (Å²) < 4.78 is 0.823. The van der Waals surface area contributed by atoms with E-state index in [9.17, 15) is 4.79 Å². The van der Waals surface area contributed by atoms with Crippen molar-refractivity contribution in [3.63, 3.8) is 0 Å². The van der Waals surface area contributed by atoms with Gasteiger partial charge in [0.1, 0.15) is 6.04 Å². The highest BCUT2D eigenvalue weighted by atomic mass is 79.9. The van der Waals surface area contributed by atoms with Crippen LogP contribution in [0.25, 0.3) is 0 Å². The maximum atomic E-state index is 12.5. The first-order chi connectivity index (χ1) is 11.2. The van der Waals surface area contributed by atoms with Crippen molar-refractivity contribution in [2.75, 3.05) is 19.6 Å². The number of quaternary nitrogens is 1. The van der Waals surface area contributed by atoms with Crippen molar-refractivity contribution < 1.29 is 9.69 Å². The van der Waals surface area contributed by atoms with Gasteiger partial charge >= 0.3 is 0 Å². The number of nitrogens with one attached hydrogen (secondary N) is 2. The third-order valence-corrected chi connectivity index (χ3v) is 4.88. The number of carbonyl (C=O) groups is 1. The van der Waals surface area contributed by atoms with Gasteiger partial charge in [-0.1, -0.05) is 42.5 Å². The molecule has 0 spiro atoms. The van der Waals surface area contributed by atoms with Crippen LogP contribution < -0.4 is 10.2 Å². The fraction of sp³-hybridized carbons (Fsp3) is 0.316. The van der Waals surface area contributed by atoms with Crippen molar-refractivity contribution >= 4 is 21.8 Å². The lowest BCUT2D eigenvalue weighted by Crippen LogP contribution is -3.12. The average Bonchev–Trinajstić information content (AvgIpc) is 2.59. The molecule has 0 radical (unpaired) electrons. The number of benzene rings is 2. The fourth-order valence-electron chi connectivity index (χ4n) is 2.86. The first-order valence-corrected chi connectivity index (χ1v) is 8.88. The van der Waals surface area contributed by atoms with E-state index in [-0.39, 0.29) is 11.9 Å². The number of carbonyl (C=O) groups excluding carboxylic acids is 1. The summed E-state index contributed by atoms with van der Waals surface area (Å²) in [5.74, 6) is -0.0371. The first-order valence-electron chi connectivity index (χ1n) is 8.09. The lowest BCUT2D eigenvalue weighted by atomic mass is 10.0. The summed E-state index contributed by atoms with van der Waals surface area (Å²) in [6, 6.07) is 18.2. The zero-order valence-corrected chi connectivity index (χ0v) is 15.3. The lowest BCUT2D eigenvalue weighted by Gasteiger charge is -2.27. The Labute approximate surface area is 146 Å². The molecule has 2 aromatic rings. The zero-order chi connectivity index (χ0) is 16.7. The second-order valence-corrected chi connectivity index (χ2v) is 6.37. The number of halogens is 1. The zero-order valence-electron chi connectivity index (χ0n) is 13.7. The van der Waals surface area contributed by atoms with E-state index in [0.717, 1.165) is 17.6 Å². The maximum absolute atomic E-state index is 12.5. The molecule has 4 heteroatoms. The Kier molecular flexibility index (Phi) is 6.81. The predicted octanol–water partition coefficient (Wildman–Crippen LogP) is 2.84. The molecular formula is C19H24BrN2O+. The van der Waals surface area contributed by atoms with Gasteiger partial charge in [0.05, 0.1) is 25.2 Å². The normalized spacial score (nSPS) is 12.2. The third-order valence-electron chi connectivity index (χ3n) is 4.19. The molecule has 1 amide bonds. The highest BCUT2D eigenvalue weighted by Gasteiger charge is 2.22. The fourth-order valence-corrected chi connectivity index (χ4v) is 3.33. The van der Waals surface area contributed by atoms with Crippen LogP contribution in [0.1, 0.15) is 35.8 Å². The van der Waals surface area contributed by atoms with E-state index in [1.54, 1.807) is 0 Å². The molecule has 0 aliphatic rings. The molecule has 2 rings (SSSR count). The van der Waals surface area contributed by atoms with E-state index >= 15 is 0 Å².